The van der Waals surface area contributed by atoms with Crippen molar-refractivity contribution in [3.63, 3.8) is 0 Å². The van der Waals surface area contributed by atoms with E-state index in [2.05, 4.69) is 77.4 Å². The third-order valence-corrected chi connectivity index (χ3v) is 11.1. The molecule has 0 aliphatic heterocycles. The first kappa shape index (κ1) is 44.9. The maximum atomic E-state index is 15.2. The second-order valence-corrected chi connectivity index (χ2v) is 15.3. The predicted octanol–water partition coefficient (Wildman–Crippen LogP) is 8.28. The number of hydrogen-bond acceptors (Lipinski definition) is 11. The lowest BCUT2D eigenvalue weighted by Crippen LogP contribution is -2.26. The first-order valence-electron chi connectivity index (χ1n) is 20.9. The molecule has 4 aromatic heterocycles. The number of aromatic amines is 2. The second-order valence-electron chi connectivity index (χ2n) is 14.9. The fraction of sp³-hybridized carbons (Fsp3) is 0.255. The number of aliphatic hydroxyl groups excluding tert-OH is 1. The number of nitrogens with zero attached hydrogens (tertiary/aromatic N) is 9. The standard InChI is InChI=1S/C25H24FN5O3.C22H23ClN6O/c1-3-4-7-19-12-18(25(33)34-2)14-23(32)31(19)15-17-11-10-16(13-22(17)26)20-8-5-6-9-21(20)24-27-29-30-28-24;1-2-3-8-20-24-21(23)19(14-30)29(20)13-15-9-11-16(12-10-15)17-6-4-5-7-18(17)22-25-27-28-26-22/h5-6,8-14H,3-4,7,15H2,1-2H3,(H,27,28,29,30);4-7,9-12,30H,2-3,8,13-14H2,1H3,(H,25,26,27,28). The lowest BCUT2D eigenvalue weighted by Gasteiger charge is -2.15. The van der Waals surface area contributed by atoms with Crippen LogP contribution in [0.1, 0.15) is 78.2 Å². The highest BCUT2D eigenvalue weighted by molar-refractivity contribution is 6.30. The molecule has 17 heteroatoms. The molecule has 0 bridgehead atoms. The fourth-order valence-corrected chi connectivity index (χ4v) is 7.66. The largest absolute Gasteiger partial charge is 0.465 e. The van der Waals surface area contributed by atoms with E-state index < -0.39 is 11.8 Å². The van der Waals surface area contributed by atoms with Crippen molar-refractivity contribution in [2.75, 3.05) is 7.11 Å². The number of unbranched alkanes of at least 4 members (excludes halogenated alkanes) is 2. The van der Waals surface area contributed by atoms with Crippen molar-refractivity contribution in [2.45, 2.75) is 72.1 Å². The van der Waals surface area contributed by atoms with E-state index in [0.29, 0.717) is 52.3 Å². The number of carbonyl (C=O) groups is 1. The molecule has 0 amide bonds. The van der Waals surface area contributed by atoms with Gasteiger partial charge in [-0.3, -0.25) is 4.79 Å². The number of tetrazole rings is 2. The molecule has 4 heterocycles. The summed E-state index contributed by atoms with van der Waals surface area (Å²) < 4.78 is 23.5. The number of methoxy groups -OCH3 is 1. The number of benzene rings is 4. The Labute approximate surface area is 373 Å². The number of ether oxygens (including phenoxy) is 1. The highest BCUT2D eigenvalue weighted by Gasteiger charge is 2.18. The SMILES string of the molecule is CCCCc1cc(C(=O)OC)cc(=O)n1Cc1ccc(-c2ccccc2-c2nn[nH]n2)cc1F.CCCCc1nc(Cl)c(CO)n1Cc1ccc(-c2ccccc2-c2nn[nH]n2)cc1. The van der Waals surface area contributed by atoms with Gasteiger partial charge in [-0.05, 0) is 69.6 Å². The van der Waals surface area contributed by atoms with Gasteiger partial charge in [-0.2, -0.15) is 10.4 Å². The van der Waals surface area contributed by atoms with E-state index in [9.17, 15) is 14.7 Å². The molecule has 4 aromatic carbocycles. The van der Waals surface area contributed by atoms with E-state index in [1.54, 1.807) is 18.2 Å². The molecule has 0 aliphatic rings. The average molecular weight is 884 g/mol. The van der Waals surface area contributed by atoms with Crippen LogP contribution < -0.4 is 5.56 Å². The van der Waals surface area contributed by atoms with Crippen LogP contribution in [0.15, 0.2) is 108 Å². The van der Waals surface area contributed by atoms with E-state index in [4.69, 9.17) is 16.3 Å². The van der Waals surface area contributed by atoms with Gasteiger partial charge < -0.3 is 19.0 Å². The number of H-pyrrole nitrogens is 2. The van der Waals surface area contributed by atoms with Gasteiger partial charge in [-0.15, -0.1) is 20.4 Å². The molecule has 0 spiro atoms. The summed E-state index contributed by atoms with van der Waals surface area (Å²) in [6.45, 7) is 4.72. The summed E-state index contributed by atoms with van der Waals surface area (Å²) in [4.78, 5) is 29.3. The van der Waals surface area contributed by atoms with Gasteiger partial charge in [-0.1, -0.05) is 123 Å². The maximum absolute atomic E-state index is 15.2. The van der Waals surface area contributed by atoms with Gasteiger partial charge in [0.25, 0.3) is 5.56 Å². The lowest BCUT2D eigenvalue weighted by atomic mass is 9.98. The van der Waals surface area contributed by atoms with Crippen LogP contribution in [0.25, 0.3) is 45.0 Å². The minimum absolute atomic E-state index is 0.0535. The van der Waals surface area contributed by atoms with Crippen LogP contribution in [0.4, 0.5) is 4.39 Å². The van der Waals surface area contributed by atoms with Gasteiger partial charge in [0.15, 0.2) is 5.15 Å². The Bertz CT molecular complexity index is 2860. The van der Waals surface area contributed by atoms with E-state index in [-0.39, 0.29) is 24.3 Å². The third-order valence-electron chi connectivity index (χ3n) is 10.8. The molecule has 0 saturated heterocycles. The van der Waals surface area contributed by atoms with Crippen LogP contribution in [-0.4, -0.2) is 73.6 Å². The molecule has 0 aliphatic carbocycles. The van der Waals surface area contributed by atoms with Gasteiger partial charge in [-0.25, -0.2) is 14.2 Å². The summed E-state index contributed by atoms with van der Waals surface area (Å²) in [5, 5.41) is 38.6. The molecular formula is C47H47ClFN11O4. The van der Waals surface area contributed by atoms with Crippen LogP contribution in [-0.2, 0) is 37.3 Å². The zero-order valence-electron chi connectivity index (χ0n) is 35.6. The Morgan fingerprint density at radius 2 is 1.34 bits per heavy atom. The number of imidazole rings is 1. The number of aryl methyl sites for hydroxylation is 2. The quantitative estimate of drug-likeness (QED) is 0.0791. The lowest BCUT2D eigenvalue weighted by molar-refractivity contribution is 0.0600. The zero-order chi connectivity index (χ0) is 45.0. The normalized spacial score (nSPS) is 11.0. The molecule has 64 heavy (non-hydrogen) atoms. The van der Waals surface area contributed by atoms with Gasteiger partial charge in [0.2, 0.25) is 11.6 Å². The van der Waals surface area contributed by atoms with Crippen LogP contribution in [0.2, 0.25) is 5.15 Å². The van der Waals surface area contributed by atoms with E-state index in [1.807, 2.05) is 60.0 Å². The number of hydrogen-bond donors (Lipinski definition) is 3. The number of nitrogens with one attached hydrogen (secondary N) is 2. The van der Waals surface area contributed by atoms with Crippen molar-refractivity contribution < 1.29 is 19.0 Å². The molecule has 8 rings (SSSR count). The number of pyridine rings is 1. The number of halogens is 2. The molecular weight excluding hydrogens is 837 g/mol. The van der Waals surface area contributed by atoms with Crippen molar-refractivity contribution in [1.29, 1.82) is 0 Å². The van der Waals surface area contributed by atoms with E-state index in [1.165, 1.54) is 23.8 Å². The number of rotatable bonds is 16. The van der Waals surface area contributed by atoms with Crippen molar-refractivity contribution >= 4 is 17.6 Å². The maximum Gasteiger partial charge on any atom is 0.338 e. The van der Waals surface area contributed by atoms with Gasteiger partial charge in [0.1, 0.15) is 11.6 Å². The smallest absolute Gasteiger partial charge is 0.338 e. The number of carbonyl (C=O) groups excluding carboxylic acids is 1. The molecule has 0 unspecified atom stereocenters. The summed E-state index contributed by atoms with van der Waals surface area (Å²) in [6.07, 6.45) is 5.29. The molecule has 328 valence electrons. The van der Waals surface area contributed by atoms with Crippen LogP contribution >= 0.6 is 11.6 Å². The van der Waals surface area contributed by atoms with Gasteiger partial charge in [0.05, 0.1) is 31.5 Å². The summed E-state index contributed by atoms with van der Waals surface area (Å²) >= 11 is 6.26. The van der Waals surface area contributed by atoms with E-state index in [0.717, 1.165) is 71.3 Å². The second kappa shape index (κ2) is 21.3. The Hall–Kier alpha value is -7.17. The van der Waals surface area contributed by atoms with E-state index >= 15 is 4.39 Å². The minimum Gasteiger partial charge on any atom is -0.465 e. The van der Waals surface area contributed by atoms with Gasteiger partial charge >= 0.3 is 5.97 Å². The summed E-state index contributed by atoms with van der Waals surface area (Å²) in [7, 11) is 1.27. The predicted molar refractivity (Wildman–Crippen MR) is 241 cm³/mol. The van der Waals surface area contributed by atoms with Crippen LogP contribution in [0, 0.1) is 5.82 Å². The Morgan fingerprint density at radius 1 is 0.750 bits per heavy atom. The molecule has 0 atom stereocenters. The van der Waals surface area contributed by atoms with Crippen molar-refractivity contribution in [2.24, 2.45) is 0 Å². The first-order chi connectivity index (χ1) is 31.2. The molecule has 0 fully saturated rings. The number of esters is 1. The highest BCUT2D eigenvalue weighted by Crippen LogP contribution is 2.32. The Kier molecular flexibility index (Phi) is 14.9. The Balaban J connectivity index is 0.000000193. The van der Waals surface area contributed by atoms with Crippen molar-refractivity contribution in [3.05, 3.63) is 158 Å². The summed E-state index contributed by atoms with van der Waals surface area (Å²) in [5.74, 6) is 0.884. The van der Waals surface area contributed by atoms with Crippen LogP contribution in [0.5, 0.6) is 0 Å². The average Bonchev–Trinajstić information content (AvgIpc) is 4.12. The molecule has 3 N–H and O–H groups in total. The monoisotopic (exact) mass is 883 g/mol. The minimum atomic E-state index is -0.571. The summed E-state index contributed by atoms with van der Waals surface area (Å²) in [6, 6.07) is 31.5. The van der Waals surface area contributed by atoms with Crippen LogP contribution in [0.3, 0.4) is 0 Å². The third kappa shape index (κ3) is 10.4. The molecule has 15 nitrogen and oxygen atoms in total. The fourth-order valence-electron chi connectivity index (χ4n) is 7.40. The summed E-state index contributed by atoms with van der Waals surface area (Å²) in [5.41, 5.74) is 7.79. The number of aliphatic hydroxyl groups is 1. The molecule has 8 aromatic rings. The molecule has 0 saturated carbocycles. The van der Waals surface area contributed by atoms with Crippen molar-refractivity contribution in [1.82, 2.24) is 55.4 Å². The van der Waals surface area contributed by atoms with Crippen molar-refractivity contribution in [3.8, 4) is 45.0 Å². The zero-order valence-corrected chi connectivity index (χ0v) is 36.4. The van der Waals surface area contributed by atoms with Gasteiger partial charge in [0, 0.05) is 41.4 Å². The topological polar surface area (TPSA) is 195 Å². The highest BCUT2D eigenvalue weighted by atomic mass is 35.5. The number of aromatic nitrogens is 11. The first-order valence-corrected chi connectivity index (χ1v) is 21.3. The molecule has 0 radical (unpaired) electrons. The Morgan fingerprint density at radius 3 is 1.91 bits per heavy atom.